The van der Waals surface area contributed by atoms with Gasteiger partial charge in [-0.1, -0.05) is 44.2 Å². The van der Waals surface area contributed by atoms with Gasteiger partial charge in [0.2, 0.25) is 0 Å². The number of rotatable bonds is 4. The maximum absolute atomic E-state index is 12.9. The first kappa shape index (κ1) is 15.3. The lowest BCUT2D eigenvalue weighted by atomic mass is 9.85. The molecule has 2 radical (unpaired) electrons. The number of para-hydroxylation sites is 3. The van der Waals surface area contributed by atoms with E-state index in [9.17, 15) is 4.79 Å². The number of fused-ring (bicyclic) bond motifs is 2. The SMILES string of the molecule is [2H]c1ccc2[nH]c(-c3c(NC([B])C(C)C)c4ccccc4[nH]c3=O)nc2c1. The van der Waals surface area contributed by atoms with Crippen LogP contribution in [0, 0.1) is 5.92 Å². The first-order valence-corrected chi connectivity index (χ1v) is 8.58. The van der Waals surface area contributed by atoms with Crippen LogP contribution in [0.25, 0.3) is 33.3 Å². The number of aromatic amines is 2. The van der Waals surface area contributed by atoms with Crippen LogP contribution in [0.1, 0.15) is 15.2 Å². The monoisotopic (exact) mass is 343 g/mol. The highest BCUT2D eigenvalue weighted by atomic mass is 16.1. The van der Waals surface area contributed by atoms with E-state index in [1.165, 1.54) is 0 Å². The van der Waals surface area contributed by atoms with E-state index in [0.29, 0.717) is 28.6 Å². The van der Waals surface area contributed by atoms with Crippen LogP contribution < -0.4 is 10.9 Å². The molecular formula is C20H19BN4O. The van der Waals surface area contributed by atoms with Crippen LogP contribution in [0.15, 0.2) is 53.3 Å². The third-order valence-corrected chi connectivity index (χ3v) is 4.52. The number of anilines is 1. The van der Waals surface area contributed by atoms with Crippen LogP contribution in [-0.4, -0.2) is 28.7 Å². The van der Waals surface area contributed by atoms with E-state index in [-0.39, 0.29) is 17.4 Å². The van der Waals surface area contributed by atoms with Crippen LogP contribution in [0.2, 0.25) is 0 Å². The standard InChI is InChI=1S/C20H19BN4O/c1-11(2)18(21)25-17-12-7-3-4-8-13(12)24-20(26)16(17)19-22-14-9-5-6-10-15(14)23-19/h3-11,18H,1-2H3,(H,22,23)(H2,24,25,26)/i5D. The third kappa shape index (κ3) is 2.77. The fourth-order valence-corrected chi connectivity index (χ4v) is 2.97. The Kier molecular flexibility index (Phi) is 3.74. The largest absolute Gasteiger partial charge is 0.390 e. The van der Waals surface area contributed by atoms with Crippen molar-refractivity contribution in [1.29, 1.82) is 0 Å². The molecule has 128 valence electrons. The Morgan fingerprint density at radius 2 is 1.88 bits per heavy atom. The number of hydrogen-bond acceptors (Lipinski definition) is 3. The fraction of sp³-hybridized carbons (Fsp3) is 0.200. The molecule has 1 unspecified atom stereocenters. The van der Waals surface area contributed by atoms with E-state index in [0.717, 1.165) is 16.4 Å². The quantitative estimate of drug-likeness (QED) is 0.496. The molecule has 0 bridgehead atoms. The highest BCUT2D eigenvalue weighted by Gasteiger charge is 2.19. The van der Waals surface area contributed by atoms with Crippen molar-refractivity contribution in [3.05, 3.63) is 58.9 Å². The smallest absolute Gasteiger partial charge is 0.261 e. The molecule has 26 heavy (non-hydrogen) atoms. The van der Waals surface area contributed by atoms with Gasteiger partial charge in [-0.25, -0.2) is 4.98 Å². The molecule has 2 aromatic heterocycles. The van der Waals surface area contributed by atoms with Gasteiger partial charge in [-0.05, 0) is 30.1 Å². The summed E-state index contributed by atoms with van der Waals surface area (Å²) in [6, 6.07) is 13.1. The molecule has 0 aliphatic carbocycles. The number of H-pyrrole nitrogens is 2. The van der Waals surface area contributed by atoms with E-state index in [2.05, 4.69) is 20.3 Å². The number of hydrogen-bond donors (Lipinski definition) is 3. The molecule has 4 aromatic rings. The highest BCUT2D eigenvalue weighted by molar-refractivity contribution is 6.14. The molecule has 2 heterocycles. The van der Waals surface area contributed by atoms with Crippen molar-refractivity contribution in [2.45, 2.75) is 19.8 Å². The lowest BCUT2D eigenvalue weighted by Crippen LogP contribution is -2.27. The Balaban J connectivity index is 2.00. The number of benzene rings is 2. The number of nitrogens with zero attached hydrogens (tertiary/aromatic N) is 1. The topological polar surface area (TPSA) is 73.6 Å². The molecule has 0 spiro atoms. The van der Waals surface area contributed by atoms with Gasteiger partial charge in [0.15, 0.2) is 0 Å². The zero-order chi connectivity index (χ0) is 19.1. The number of imidazole rings is 1. The molecule has 5 nitrogen and oxygen atoms in total. The predicted molar refractivity (Wildman–Crippen MR) is 108 cm³/mol. The van der Waals surface area contributed by atoms with Crippen molar-refractivity contribution in [1.82, 2.24) is 15.0 Å². The highest BCUT2D eigenvalue weighted by Crippen LogP contribution is 2.31. The first-order valence-electron chi connectivity index (χ1n) is 9.08. The van der Waals surface area contributed by atoms with E-state index in [1.54, 1.807) is 18.2 Å². The number of pyridine rings is 1. The Labute approximate surface area is 153 Å². The molecule has 0 aliphatic rings. The summed E-state index contributed by atoms with van der Waals surface area (Å²) < 4.78 is 7.77. The summed E-state index contributed by atoms with van der Waals surface area (Å²) in [7, 11) is 6.25. The summed E-state index contributed by atoms with van der Waals surface area (Å²) in [6.45, 7) is 4.04. The molecule has 1 atom stereocenters. The van der Waals surface area contributed by atoms with Crippen LogP contribution in [-0.2, 0) is 0 Å². The predicted octanol–water partition coefficient (Wildman–Crippen LogP) is 3.63. The lowest BCUT2D eigenvalue weighted by molar-refractivity contribution is 0.643. The molecule has 6 heteroatoms. The van der Waals surface area contributed by atoms with Gasteiger partial charge in [0.25, 0.3) is 5.56 Å². The second-order valence-corrected chi connectivity index (χ2v) is 6.69. The van der Waals surface area contributed by atoms with E-state index < -0.39 is 0 Å². The van der Waals surface area contributed by atoms with E-state index in [4.69, 9.17) is 9.22 Å². The molecule has 0 fully saturated rings. The van der Waals surface area contributed by atoms with Crippen LogP contribution in [0.3, 0.4) is 0 Å². The summed E-state index contributed by atoms with van der Waals surface area (Å²) >= 11 is 0. The van der Waals surface area contributed by atoms with Crippen molar-refractivity contribution < 1.29 is 1.37 Å². The molecular weight excluding hydrogens is 323 g/mol. The minimum absolute atomic E-state index is 0.178. The van der Waals surface area contributed by atoms with Crippen LogP contribution in [0.4, 0.5) is 5.69 Å². The van der Waals surface area contributed by atoms with Gasteiger partial charge in [0.1, 0.15) is 11.4 Å². The second-order valence-electron chi connectivity index (χ2n) is 6.69. The van der Waals surface area contributed by atoms with Crippen LogP contribution in [0.5, 0.6) is 0 Å². The summed E-state index contributed by atoms with van der Waals surface area (Å²) in [4.78, 5) is 23.6. The van der Waals surface area contributed by atoms with Crippen molar-refractivity contribution in [3.8, 4) is 11.4 Å². The Morgan fingerprint density at radius 3 is 2.69 bits per heavy atom. The van der Waals surface area contributed by atoms with Gasteiger partial charge < -0.3 is 15.3 Å². The van der Waals surface area contributed by atoms with Crippen molar-refractivity contribution in [2.75, 3.05) is 5.32 Å². The minimum Gasteiger partial charge on any atom is -0.390 e. The normalized spacial score (nSPS) is 13.3. The molecule has 0 saturated heterocycles. The summed E-state index contributed by atoms with van der Waals surface area (Å²) in [5.41, 5.74) is 2.96. The maximum atomic E-state index is 12.9. The molecule has 0 aliphatic heterocycles. The van der Waals surface area contributed by atoms with Gasteiger partial charge in [0.05, 0.1) is 31.5 Å². The Hall–Kier alpha value is -3.02. The molecule has 4 rings (SSSR count). The minimum atomic E-state index is -0.321. The molecule has 2 aromatic carbocycles. The Morgan fingerprint density at radius 1 is 1.12 bits per heavy atom. The third-order valence-electron chi connectivity index (χ3n) is 4.52. The van der Waals surface area contributed by atoms with E-state index >= 15 is 0 Å². The number of nitrogens with one attached hydrogen (secondary N) is 3. The first-order chi connectivity index (χ1) is 12.9. The maximum Gasteiger partial charge on any atom is 0.261 e. The summed E-state index contributed by atoms with van der Waals surface area (Å²) in [6.07, 6.45) is 0. The van der Waals surface area contributed by atoms with Gasteiger partial charge in [-0.2, -0.15) is 0 Å². The molecule has 0 saturated carbocycles. The van der Waals surface area contributed by atoms with Gasteiger partial charge >= 0.3 is 0 Å². The zero-order valence-corrected chi connectivity index (χ0v) is 14.6. The van der Waals surface area contributed by atoms with Gasteiger partial charge in [-0.15, -0.1) is 0 Å². The fourth-order valence-electron chi connectivity index (χ4n) is 2.97. The summed E-state index contributed by atoms with van der Waals surface area (Å²) in [5.74, 6) is 0.302. The van der Waals surface area contributed by atoms with Crippen LogP contribution >= 0.6 is 0 Å². The molecule has 0 amide bonds. The van der Waals surface area contributed by atoms with E-state index in [1.807, 2.05) is 38.1 Å². The lowest BCUT2D eigenvalue weighted by Gasteiger charge is -2.22. The number of aromatic nitrogens is 3. The summed E-state index contributed by atoms with van der Waals surface area (Å²) in [5, 5.41) is 4.17. The second kappa shape index (κ2) is 6.37. The Bertz CT molecular complexity index is 1200. The average molecular weight is 343 g/mol. The van der Waals surface area contributed by atoms with Gasteiger partial charge in [-0.3, -0.25) is 4.79 Å². The van der Waals surface area contributed by atoms with Gasteiger partial charge in [0, 0.05) is 5.39 Å². The zero-order valence-electron chi connectivity index (χ0n) is 15.6. The van der Waals surface area contributed by atoms with Crippen molar-refractivity contribution in [2.24, 2.45) is 5.92 Å². The average Bonchev–Trinajstić information content (AvgIpc) is 3.03. The van der Waals surface area contributed by atoms with Crippen molar-refractivity contribution >= 4 is 35.5 Å². The van der Waals surface area contributed by atoms with Crippen molar-refractivity contribution in [3.63, 3.8) is 0 Å². The molecule has 3 N–H and O–H groups in total.